The van der Waals surface area contributed by atoms with E-state index in [0.29, 0.717) is 23.5 Å². The second-order valence-corrected chi connectivity index (χ2v) is 6.61. The van der Waals surface area contributed by atoms with Crippen LogP contribution in [0.2, 0.25) is 0 Å². The highest BCUT2D eigenvalue weighted by atomic mass is 16.6. The Hall–Kier alpha value is -4.13. The molecular weight excluding hydrogens is 396 g/mol. The Balaban J connectivity index is 1.71. The minimum absolute atomic E-state index is 0.119. The molecule has 3 aromatic rings. The fraction of sp³-hybridized carbons (Fsp3) is 0.125. The number of aromatic hydroxyl groups is 1. The molecule has 0 fully saturated rings. The lowest BCUT2D eigenvalue weighted by atomic mass is 10.1. The van der Waals surface area contributed by atoms with Gasteiger partial charge in [-0.3, -0.25) is 4.79 Å². The van der Waals surface area contributed by atoms with Crippen molar-refractivity contribution in [3.05, 3.63) is 89.0 Å². The molecular formula is C24H22N2O5. The minimum Gasteiger partial charge on any atom is -0.507 e. The molecule has 7 nitrogen and oxygen atoms in total. The molecule has 0 atom stereocenters. The van der Waals surface area contributed by atoms with E-state index < -0.39 is 11.9 Å². The van der Waals surface area contributed by atoms with Gasteiger partial charge in [-0.05, 0) is 61.9 Å². The molecule has 1 amide bonds. The van der Waals surface area contributed by atoms with Gasteiger partial charge in [-0.25, -0.2) is 10.2 Å². The molecule has 2 N–H and O–H groups in total. The lowest BCUT2D eigenvalue weighted by molar-refractivity contribution is 0.0728. The van der Waals surface area contributed by atoms with Gasteiger partial charge in [-0.15, -0.1) is 0 Å². The summed E-state index contributed by atoms with van der Waals surface area (Å²) in [6.45, 7) is 4.13. The number of phenols is 1. The van der Waals surface area contributed by atoms with Crippen LogP contribution < -0.4 is 14.9 Å². The van der Waals surface area contributed by atoms with E-state index in [0.717, 1.165) is 5.56 Å². The van der Waals surface area contributed by atoms with Gasteiger partial charge in [0.2, 0.25) is 0 Å². The summed E-state index contributed by atoms with van der Waals surface area (Å²) in [6.07, 6.45) is 1.42. The average molecular weight is 418 g/mol. The maximum absolute atomic E-state index is 12.4. The van der Waals surface area contributed by atoms with Gasteiger partial charge in [0.25, 0.3) is 5.91 Å². The van der Waals surface area contributed by atoms with Gasteiger partial charge in [0, 0.05) is 0 Å². The molecule has 0 aliphatic carbocycles. The van der Waals surface area contributed by atoms with Crippen molar-refractivity contribution in [1.82, 2.24) is 5.43 Å². The number of esters is 1. The number of hydrogen-bond acceptors (Lipinski definition) is 6. The number of ether oxygens (including phenoxy) is 2. The third-order valence-corrected chi connectivity index (χ3v) is 4.29. The monoisotopic (exact) mass is 418 g/mol. The predicted octanol–water partition coefficient (Wildman–Crippen LogP) is 4.08. The van der Waals surface area contributed by atoms with E-state index in [2.05, 4.69) is 10.5 Å². The van der Waals surface area contributed by atoms with Gasteiger partial charge in [0.05, 0.1) is 23.9 Å². The summed E-state index contributed by atoms with van der Waals surface area (Å²) in [5.74, 6) is -0.504. The Morgan fingerprint density at radius 2 is 1.77 bits per heavy atom. The summed E-state index contributed by atoms with van der Waals surface area (Å²) in [7, 11) is 0. The Bertz CT molecular complexity index is 1110. The van der Waals surface area contributed by atoms with Crippen molar-refractivity contribution in [1.29, 1.82) is 0 Å². The summed E-state index contributed by atoms with van der Waals surface area (Å²) in [5.41, 5.74) is 4.58. The molecule has 0 spiro atoms. The number of aryl methyl sites for hydroxylation is 1. The summed E-state index contributed by atoms with van der Waals surface area (Å²) in [4.78, 5) is 24.5. The van der Waals surface area contributed by atoms with E-state index in [1.807, 2.05) is 26.0 Å². The number of para-hydroxylation sites is 1. The predicted molar refractivity (Wildman–Crippen MR) is 117 cm³/mol. The number of nitrogens with zero attached hydrogens (tertiary/aromatic N) is 1. The molecule has 31 heavy (non-hydrogen) atoms. The van der Waals surface area contributed by atoms with E-state index in [9.17, 15) is 14.7 Å². The number of rotatable bonds is 7. The normalized spacial score (nSPS) is 10.6. The maximum Gasteiger partial charge on any atom is 0.343 e. The van der Waals surface area contributed by atoms with Crippen molar-refractivity contribution in [2.75, 3.05) is 6.61 Å². The first-order valence-corrected chi connectivity index (χ1v) is 9.65. The molecule has 0 aromatic heterocycles. The Morgan fingerprint density at radius 1 is 1.03 bits per heavy atom. The molecule has 3 rings (SSSR count). The number of benzene rings is 3. The molecule has 0 heterocycles. The molecule has 0 radical (unpaired) electrons. The molecule has 0 saturated heterocycles. The molecule has 0 aliphatic heterocycles. The first kappa shape index (κ1) is 21.6. The number of hydrogen-bond donors (Lipinski definition) is 2. The molecule has 0 unspecified atom stereocenters. The molecule has 0 bridgehead atoms. The highest BCUT2D eigenvalue weighted by Crippen LogP contribution is 2.29. The minimum atomic E-state index is -0.539. The first-order valence-electron chi connectivity index (χ1n) is 9.65. The molecule has 0 aliphatic rings. The second-order valence-electron chi connectivity index (χ2n) is 6.61. The molecule has 0 saturated carbocycles. The van der Waals surface area contributed by atoms with Crippen LogP contribution in [0.15, 0.2) is 71.8 Å². The van der Waals surface area contributed by atoms with Gasteiger partial charge >= 0.3 is 5.97 Å². The highest BCUT2D eigenvalue weighted by molar-refractivity contribution is 5.97. The smallest absolute Gasteiger partial charge is 0.343 e. The zero-order valence-corrected chi connectivity index (χ0v) is 17.2. The van der Waals surface area contributed by atoms with Crippen molar-refractivity contribution in [2.24, 2.45) is 5.10 Å². The fourth-order valence-electron chi connectivity index (χ4n) is 2.70. The third-order valence-electron chi connectivity index (χ3n) is 4.29. The third kappa shape index (κ3) is 5.70. The van der Waals surface area contributed by atoms with Crippen LogP contribution >= 0.6 is 0 Å². The Labute approximate surface area is 179 Å². The van der Waals surface area contributed by atoms with E-state index in [-0.39, 0.29) is 17.1 Å². The number of phenolic OH excluding ortho intramolecular Hbond substituents is 1. The molecule has 7 heteroatoms. The number of carbonyl (C=O) groups excluding carboxylic acids is 2. The van der Waals surface area contributed by atoms with Crippen LogP contribution in [0.1, 0.15) is 38.8 Å². The van der Waals surface area contributed by atoms with E-state index in [1.165, 1.54) is 18.3 Å². The Morgan fingerprint density at radius 3 is 2.48 bits per heavy atom. The van der Waals surface area contributed by atoms with Crippen molar-refractivity contribution < 1.29 is 24.2 Å². The van der Waals surface area contributed by atoms with Crippen LogP contribution in [-0.2, 0) is 0 Å². The Kier molecular flexibility index (Phi) is 7.01. The summed E-state index contributed by atoms with van der Waals surface area (Å²) in [5, 5.41) is 13.6. The van der Waals surface area contributed by atoms with Gasteiger partial charge in [0.15, 0.2) is 11.5 Å². The quantitative estimate of drug-likeness (QED) is 0.261. The summed E-state index contributed by atoms with van der Waals surface area (Å²) < 4.78 is 11.1. The average Bonchev–Trinajstić information content (AvgIpc) is 2.76. The van der Waals surface area contributed by atoms with Crippen LogP contribution in [0.5, 0.6) is 17.2 Å². The van der Waals surface area contributed by atoms with Gasteiger partial charge in [-0.2, -0.15) is 5.10 Å². The van der Waals surface area contributed by atoms with Crippen LogP contribution in [0, 0.1) is 6.92 Å². The number of nitrogens with one attached hydrogen (secondary N) is 1. The SMILES string of the molecule is CCOc1cc(/C=N\NC(=O)c2ccccc2O)ccc1OC(=O)c1ccc(C)cc1. The molecule has 3 aromatic carbocycles. The van der Waals surface area contributed by atoms with Crippen LogP contribution in [0.4, 0.5) is 0 Å². The topological polar surface area (TPSA) is 97.2 Å². The van der Waals surface area contributed by atoms with Gasteiger partial charge < -0.3 is 14.6 Å². The number of hydrazone groups is 1. The van der Waals surface area contributed by atoms with Gasteiger partial charge in [-0.1, -0.05) is 29.8 Å². The first-order chi connectivity index (χ1) is 15.0. The lowest BCUT2D eigenvalue weighted by Gasteiger charge is -2.11. The maximum atomic E-state index is 12.4. The fourth-order valence-corrected chi connectivity index (χ4v) is 2.70. The summed E-state index contributed by atoms with van der Waals surface area (Å²) in [6, 6.07) is 18.2. The van der Waals surface area contributed by atoms with Crippen molar-refractivity contribution in [3.8, 4) is 17.2 Å². The standard InChI is InChI=1S/C24H22N2O5/c1-3-30-22-14-17(15-25-26-23(28)19-6-4-5-7-20(19)27)10-13-21(22)31-24(29)18-11-8-16(2)9-12-18/h4-15,27H,3H2,1-2H3,(H,26,28)/b25-15-. The summed E-state index contributed by atoms with van der Waals surface area (Å²) >= 11 is 0. The van der Waals surface area contributed by atoms with Crippen molar-refractivity contribution in [2.45, 2.75) is 13.8 Å². The van der Waals surface area contributed by atoms with Crippen LogP contribution in [0.25, 0.3) is 0 Å². The number of carbonyl (C=O) groups is 2. The number of amides is 1. The van der Waals surface area contributed by atoms with E-state index >= 15 is 0 Å². The zero-order valence-electron chi connectivity index (χ0n) is 17.2. The zero-order chi connectivity index (χ0) is 22.2. The van der Waals surface area contributed by atoms with Crippen LogP contribution in [-0.4, -0.2) is 29.8 Å². The van der Waals surface area contributed by atoms with Crippen molar-refractivity contribution >= 4 is 18.1 Å². The van der Waals surface area contributed by atoms with E-state index in [4.69, 9.17) is 9.47 Å². The molecule has 158 valence electrons. The van der Waals surface area contributed by atoms with Gasteiger partial charge in [0.1, 0.15) is 5.75 Å². The largest absolute Gasteiger partial charge is 0.507 e. The van der Waals surface area contributed by atoms with E-state index in [1.54, 1.807) is 42.5 Å². The van der Waals surface area contributed by atoms with Crippen LogP contribution in [0.3, 0.4) is 0 Å². The highest BCUT2D eigenvalue weighted by Gasteiger charge is 2.13. The lowest BCUT2D eigenvalue weighted by Crippen LogP contribution is -2.17. The van der Waals surface area contributed by atoms with Crippen molar-refractivity contribution in [3.63, 3.8) is 0 Å². The second kappa shape index (κ2) is 10.1.